The summed E-state index contributed by atoms with van der Waals surface area (Å²) in [5.41, 5.74) is 0. The van der Waals surface area contributed by atoms with Crippen LogP contribution in [0.3, 0.4) is 0 Å². The number of phenolic OH excluding ortho intramolecular Hbond substituents is 3. The summed E-state index contributed by atoms with van der Waals surface area (Å²) in [4.78, 5) is 9.78. The van der Waals surface area contributed by atoms with Crippen LogP contribution in [0.25, 0.3) is 0 Å². The van der Waals surface area contributed by atoms with E-state index in [2.05, 4.69) is 0 Å². The number of phenols is 3. The van der Waals surface area contributed by atoms with Gasteiger partial charge in [0.1, 0.15) is 17.2 Å². The molecule has 0 heterocycles. The molecule has 0 aliphatic rings. The van der Waals surface area contributed by atoms with Crippen LogP contribution >= 0.6 is 0 Å². The predicted molar refractivity (Wildman–Crippen MR) is 59.1 cm³/mol. The first-order valence-corrected chi connectivity index (χ1v) is 4.80. The third kappa shape index (κ3) is 2.94. The van der Waals surface area contributed by atoms with E-state index in [4.69, 9.17) is 9.78 Å². The molecule has 0 spiro atoms. The van der Waals surface area contributed by atoms with Crippen molar-refractivity contribution < 1.29 is 25.1 Å². The molecule has 0 bridgehead atoms. The number of aromatic hydroxyl groups is 3. The normalized spacial score (nSPS) is 9.88. The zero-order valence-corrected chi connectivity index (χ0v) is 8.70. The van der Waals surface area contributed by atoms with Crippen molar-refractivity contribution in [1.82, 2.24) is 0 Å². The van der Waals surface area contributed by atoms with Crippen LogP contribution in [0, 0.1) is 0 Å². The van der Waals surface area contributed by atoms with Crippen LogP contribution in [0.5, 0.6) is 28.7 Å². The molecule has 0 aliphatic carbocycles. The van der Waals surface area contributed by atoms with E-state index in [0.717, 1.165) is 0 Å². The molecule has 2 aromatic rings. The molecule has 88 valence electrons. The molecule has 3 N–H and O–H groups in total. The third-order valence-corrected chi connectivity index (χ3v) is 1.93. The van der Waals surface area contributed by atoms with Gasteiger partial charge in [-0.1, -0.05) is 6.07 Å². The zero-order chi connectivity index (χ0) is 12.3. The van der Waals surface area contributed by atoms with Crippen LogP contribution in [-0.4, -0.2) is 15.3 Å². The molecular formula is C12H10O5. The first-order chi connectivity index (χ1) is 8.13. The summed E-state index contributed by atoms with van der Waals surface area (Å²) in [6.07, 6.45) is 0. The first-order valence-electron chi connectivity index (χ1n) is 4.80. The lowest BCUT2D eigenvalue weighted by Gasteiger charge is -2.06. The van der Waals surface area contributed by atoms with Gasteiger partial charge in [0.2, 0.25) is 0 Å². The maximum absolute atomic E-state index is 9.20. The first kappa shape index (κ1) is 10.9. The highest BCUT2D eigenvalue weighted by molar-refractivity contribution is 5.40. The van der Waals surface area contributed by atoms with Crippen LogP contribution in [0.1, 0.15) is 0 Å². The minimum atomic E-state index is -0.139. The summed E-state index contributed by atoms with van der Waals surface area (Å²) < 4.78 is 0. The second-order valence-electron chi connectivity index (χ2n) is 3.35. The summed E-state index contributed by atoms with van der Waals surface area (Å²) in [5.74, 6) is 0.211. The van der Waals surface area contributed by atoms with Crippen molar-refractivity contribution in [2.75, 3.05) is 0 Å². The molecule has 2 aromatic carbocycles. The summed E-state index contributed by atoms with van der Waals surface area (Å²) in [6.45, 7) is 0. The average molecular weight is 234 g/mol. The van der Waals surface area contributed by atoms with Crippen LogP contribution in [0.4, 0.5) is 0 Å². The Morgan fingerprint density at radius 1 is 0.647 bits per heavy atom. The number of hydrogen-bond acceptors (Lipinski definition) is 5. The van der Waals surface area contributed by atoms with Gasteiger partial charge in [-0.15, -0.1) is 0 Å². The molecular weight excluding hydrogens is 224 g/mol. The van der Waals surface area contributed by atoms with Gasteiger partial charge in [0.25, 0.3) is 0 Å². The van der Waals surface area contributed by atoms with Gasteiger partial charge in [0.05, 0.1) is 0 Å². The van der Waals surface area contributed by atoms with Gasteiger partial charge in [-0.05, 0) is 12.1 Å². The van der Waals surface area contributed by atoms with Crippen molar-refractivity contribution in [3.8, 4) is 28.7 Å². The summed E-state index contributed by atoms with van der Waals surface area (Å²) in [5, 5.41) is 27.6. The van der Waals surface area contributed by atoms with Crippen LogP contribution in [-0.2, 0) is 0 Å². The fourth-order valence-electron chi connectivity index (χ4n) is 1.25. The van der Waals surface area contributed by atoms with Crippen molar-refractivity contribution in [3.05, 3.63) is 42.5 Å². The van der Waals surface area contributed by atoms with E-state index in [-0.39, 0.29) is 23.0 Å². The minimum absolute atomic E-state index is 0.0462. The molecule has 5 heteroatoms. The van der Waals surface area contributed by atoms with E-state index >= 15 is 0 Å². The summed E-state index contributed by atoms with van der Waals surface area (Å²) >= 11 is 0. The molecule has 0 fully saturated rings. The molecule has 5 nitrogen and oxygen atoms in total. The summed E-state index contributed by atoms with van der Waals surface area (Å²) in [7, 11) is 0. The molecule has 0 aromatic heterocycles. The highest BCUT2D eigenvalue weighted by Crippen LogP contribution is 2.26. The van der Waals surface area contributed by atoms with Crippen molar-refractivity contribution in [2.24, 2.45) is 0 Å². The topological polar surface area (TPSA) is 79.2 Å². The highest BCUT2D eigenvalue weighted by atomic mass is 17.2. The number of benzene rings is 2. The predicted octanol–water partition coefficient (Wildman–Crippen LogP) is 2.18. The second kappa shape index (κ2) is 4.52. The van der Waals surface area contributed by atoms with Crippen LogP contribution in [0.15, 0.2) is 42.5 Å². The molecule has 0 aliphatic heterocycles. The Bertz CT molecular complexity index is 504. The Balaban J connectivity index is 2.07. The highest BCUT2D eigenvalue weighted by Gasteiger charge is 2.02. The zero-order valence-electron chi connectivity index (χ0n) is 8.70. The van der Waals surface area contributed by atoms with E-state index in [0.29, 0.717) is 5.75 Å². The lowest BCUT2D eigenvalue weighted by Crippen LogP contribution is -1.99. The Morgan fingerprint density at radius 2 is 1.24 bits per heavy atom. The minimum Gasteiger partial charge on any atom is -0.508 e. The second-order valence-corrected chi connectivity index (χ2v) is 3.35. The smallest absolute Gasteiger partial charge is 0.186 e. The Labute approximate surface area is 97.0 Å². The van der Waals surface area contributed by atoms with Crippen molar-refractivity contribution in [2.45, 2.75) is 0 Å². The molecule has 0 unspecified atom stereocenters. The van der Waals surface area contributed by atoms with Crippen molar-refractivity contribution in [3.63, 3.8) is 0 Å². The van der Waals surface area contributed by atoms with Gasteiger partial charge >= 0.3 is 0 Å². The van der Waals surface area contributed by atoms with E-state index in [1.165, 1.54) is 30.3 Å². The van der Waals surface area contributed by atoms with Crippen LogP contribution in [0.2, 0.25) is 0 Å². The van der Waals surface area contributed by atoms with Crippen molar-refractivity contribution >= 4 is 0 Å². The monoisotopic (exact) mass is 234 g/mol. The maximum Gasteiger partial charge on any atom is 0.186 e. The Hall–Kier alpha value is -2.56. The van der Waals surface area contributed by atoms with Gasteiger partial charge in [-0.2, -0.15) is 0 Å². The molecule has 0 saturated carbocycles. The fourth-order valence-corrected chi connectivity index (χ4v) is 1.25. The average Bonchev–Trinajstić information content (AvgIpc) is 2.25. The van der Waals surface area contributed by atoms with E-state index in [1.807, 2.05) is 0 Å². The largest absolute Gasteiger partial charge is 0.508 e. The quantitative estimate of drug-likeness (QED) is 0.560. The number of rotatable bonds is 3. The molecule has 0 radical (unpaired) electrons. The lowest BCUT2D eigenvalue weighted by molar-refractivity contribution is -0.100. The Morgan fingerprint density at radius 3 is 1.88 bits per heavy atom. The molecule has 0 atom stereocenters. The van der Waals surface area contributed by atoms with E-state index < -0.39 is 0 Å². The van der Waals surface area contributed by atoms with Crippen LogP contribution < -0.4 is 9.78 Å². The molecule has 0 saturated heterocycles. The number of hydrogen-bond donors (Lipinski definition) is 3. The molecule has 0 amide bonds. The Kier molecular flexibility index (Phi) is 2.91. The standard InChI is InChI=1S/C12H10O5/c13-8-2-1-3-11(5-8)16-17-12-6-9(14)4-10(15)7-12/h1-7,13-15H. The van der Waals surface area contributed by atoms with Gasteiger partial charge in [0.15, 0.2) is 11.5 Å². The van der Waals surface area contributed by atoms with Gasteiger partial charge in [-0.25, -0.2) is 0 Å². The van der Waals surface area contributed by atoms with Gasteiger partial charge in [-0.3, -0.25) is 9.78 Å². The van der Waals surface area contributed by atoms with E-state index in [9.17, 15) is 15.3 Å². The summed E-state index contributed by atoms with van der Waals surface area (Å²) in [6, 6.07) is 9.76. The molecule has 17 heavy (non-hydrogen) atoms. The van der Waals surface area contributed by atoms with Gasteiger partial charge in [0, 0.05) is 24.3 Å². The lowest BCUT2D eigenvalue weighted by atomic mass is 10.3. The fraction of sp³-hybridized carbons (Fsp3) is 0. The van der Waals surface area contributed by atoms with E-state index in [1.54, 1.807) is 12.1 Å². The maximum atomic E-state index is 9.20. The van der Waals surface area contributed by atoms with Gasteiger partial charge < -0.3 is 15.3 Å². The SMILES string of the molecule is Oc1cccc(OOc2cc(O)cc(O)c2)c1. The molecule has 2 rings (SSSR count). The third-order valence-electron chi connectivity index (χ3n) is 1.93. The van der Waals surface area contributed by atoms with Crippen molar-refractivity contribution in [1.29, 1.82) is 0 Å².